The Kier molecular flexibility index (Phi) is 13.9. The van der Waals surface area contributed by atoms with Gasteiger partial charge in [0.15, 0.2) is 5.82 Å². The molecule has 14 nitrogen and oxygen atoms in total. The van der Waals surface area contributed by atoms with Gasteiger partial charge in [-0.05, 0) is 185 Å². The van der Waals surface area contributed by atoms with Gasteiger partial charge in [0.1, 0.15) is 40.9 Å². The van der Waals surface area contributed by atoms with Crippen LogP contribution in [0.5, 0.6) is 11.8 Å². The van der Waals surface area contributed by atoms with E-state index in [1.807, 2.05) is 25.1 Å². The largest absolute Gasteiger partial charge is 0.508 e. The Morgan fingerprint density at radius 2 is 1.75 bits per heavy atom. The van der Waals surface area contributed by atoms with Crippen molar-refractivity contribution in [3.8, 4) is 23.0 Å². The average Bonchev–Trinajstić information content (AvgIpc) is 4.32. The molecular weight excluding hydrogens is 979 g/mol. The second kappa shape index (κ2) is 20.8. The molecular formula is C61H70F2N8O6. The highest BCUT2D eigenvalue weighted by molar-refractivity contribution is 6.27. The first-order chi connectivity index (χ1) is 37.4. The van der Waals surface area contributed by atoms with E-state index >= 15 is 8.78 Å². The van der Waals surface area contributed by atoms with Gasteiger partial charge in [-0.15, -0.1) is 0 Å². The highest BCUT2D eigenvalue weighted by Crippen LogP contribution is 2.54. The molecule has 12 rings (SSSR count). The van der Waals surface area contributed by atoms with Crippen LogP contribution in [-0.4, -0.2) is 131 Å². The van der Waals surface area contributed by atoms with E-state index in [1.165, 1.54) is 43.4 Å². The van der Waals surface area contributed by atoms with Crippen molar-refractivity contribution < 1.29 is 38.1 Å². The fraction of sp³-hybridized carbons (Fsp3) is 0.508. The van der Waals surface area contributed by atoms with Gasteiger partial charge in [-0.2, -0.15) is 9.97 Å². The standard InChI is InChI=1S/C61H70F2N8O6/c1-3-42-48(62)13-11-39-29-41(74)30-46(51(39)42)54-53(63)55-47(33-65-54)56(70-22-5-7-37(34-70)17-28-73)67-59(66-55)77-36-61(18-19-61)35-68-25-20-60(21-26-68)31-40(32-60)69-23-15-38(16-24-69)43-12-14-49-52-44(43)8-4-9-45(52)58(76)71(49)50(10-6-27-72)57(75)64-2/h4,8-9,11-14,27,29-30,33,37-38,40,50,73-74H,3,5-7,10,15-26,28,31-32,34-36H2,1-2H3,(H,64,75)/t37-,50?/m1/s1. The van der Waals surface area contributed by atoms with Gasteiger partial charge in [0.05, 0.1) is 17.7 Å². The van der Waals surface area contributed by atoms with Crippen LogP contribution in [0.3, 0.4) is 0 Å². The molecule has 2 amide bonds. The lowest BCUT2D eigenvalue weighted by molar-refractivity contribution is -0.122. The Labute approximate surface area is 448 Å². The van der Waals surface area contributed by atoms with E-state index in [-0.39, 0.29) is 65.6 Å². The normalized spacial score (nSPS) is 21.1. The van der Waals surface area contributed by atoms with Crippen LogP contribution in [0.15, 0.2) is 60.8 Å². The van der Waals surface area contributed by atoms with Crippen LogP contribution in [0.4, 0.5) is 20.3 Å². The van der Waals surface area contributed by atoms with E-state index in [2.05, 4.69) is 37.1 Å². The number of fused-ring (bicyclic) bond motifs is 2. The maximum absolute atomic E-state index is 17.3. The van der Waals surface area contributed by atoms with Crippen molar-refractivity contribution in [2.45, 2.75) is 115 Å². The number of carbonyl (C=O) groups excluding carboxylic acids is 3. The van der Waals surface area contributed by atoms with Crippen molar-refractivity contribution in [2.24, 2.45) is 16.7 Å². The zero-order valence-electron chi connectivity index (χ0n) is 44.3. The summed E-state index contributed by atoms with van der Waals surface area (Å²) in [6.45, 7) is 8.84. The molecule has 2 atom stereocenters. The third kappa shape index (κ3) is 9.45. The Hall–Kier alpha value is -6.36. The topological polar surface area (TPSA) is 165 Å². The van der Waals surface area contributed by atoms with Crippen LogP contribution < -0.4 is 19.9 Å². The zero-order valence-corrected chi connectivity index (χ0v) is 44.3. The van der Waals surface area contributed by atoms with Crippen LogP contribution in [0.2, 0.25) is 0 Å². The Morgan fingerprint density at radius 3 is 2.49 bits per heavy atom. The lowest BCUT2D eigenvalue weighted by Crippen LogP contribution is -2.56. The van der Waals surface area contributed by atoms with Gasteiger partial charge in [0.25, 0.3) is 5.91 Å². The average molecular weight is 1050 g/mol. The number of likely N-dealkylation sites (N-methyl/N-ethyl adjacent to an activating group) is 1. The minimum atomic E-state index is -0.754. The predicted octanol–water partition coefficient (Wildman–Crippen LogP) is 9.48. The summed E-state index contributed by atoms with van der Waals surface area (Å²) in [5, 5.41) is 26.8. The summed E-state index contributed by atoms with van der Waals surface area (Å²) in [7, 11) is 1.56. The summed E-state index contributed by atoms with van der Waals surface area (Å²) in [5.41, 5.74) is 3.73. The Morgan fingerprint density at radius 1 is 0.948 bits per heavy atom. The number of aromatic nitrogens is 3. The summed E-state index contributed by atoms with van der Waals surface area (Å²) in [6, 6.07) is 16.0. The number of hydrogen-bond donors (Lipinski definition) is 3. The van der Waals surface area contributed by atoms with Gasteiger partial charge < -0.3 is 39.8 Å². The van der Waals surface area contributed by atoms with Crippen LogP contribution in [0, 0.1) is 28.4 Å². The summed E-state index contributed by atoms with van der Waals surface area (Å²) in [4.78, 5) is 61.6. The van der Waals surface area contributed by atoms with Gasteiger partial charge in [0.2, 0.25) is 5.91 Å². The van der Waals surface area contributed by atoms with E-state index in [0.29, 0.717) is 88.6 Å². The summed E-state index contributed by atoms with van der Waals surface area (Å²) in [6.07, 6.45) is 14.8. The monoisotopic (exact) mass is 1050 g/mol. The number of anilines is 2. The zero-order chi connectivity index (χ0) is 53.2. The number of rotatable bonds is 17. The molecule has 6 aliphatic rings. The molecule has 2 saturated carbocycles. The van der Waals surface area contributed by atoms with Gasteiger partial charge in [0, 0.05) is 73.9 Å². The molecule has 77 heavy (non-hydrogen) atoms. The van der Waals surface area contributed by atoms with Gasteiger partial charge >= 0.3 is 6.01 Å². The summed E-state index contributed by atoms with van der Waals surface area (Å²) >= 11 is 0. The fourth-order valence-corrected chi connectivity index (χ4v) is 14.3. The summed E-state index contributed by atoms with van der Waals surface area (Å²) < 4.78 is 39.1. The minimum Gasteiger partial charge on any atom is -0.508 e. The minimum absolute atomic E-state index is 0.0300. The number of pyridine rings is 1. The van der Waals surface area contributed by atoms with Crippen molar-refractivity contribution in [3.63, 3.8) is 0 Å². The maximum Gasteiger partial charge on any atom is 0.319 e. The first kappa shape index (κ1) is 51.4. The molecule has 0 radical (unpaired) electrons. The first-order valence-electron chi connectivity index (χ1n) is 28.2. The molecule has 4 aliphatic heterocycles. The number of carbonyl (C=O) groups is 3. The first-order valence-corrected chi connectivity index (χ1v) is 28.2. The van der Waals surface area contributed by atoms with E-state index in [4.69, 9.17) is 14.7 Å². The molecule has 3 saturated heterocycles. The number of amides is 2. The number of likely N-dealkylation sites (tertiary alicyclic amines) is 2. The number of nitrogens with zero attached hydrogens (tertiary/aromatic N) is 7. The highest BCUT2D eigenvalue weighted by Gasteiger charge is 2.51. The van der Waals surface area contributed by atoms with Crippen LogP contribution >= 0.6 is 0 Å². The molecule has 6 aromatic rings. The van der Waals surface area contributed by atoms with Crippen molar-refractivity contribution in [2.75, 3.05) is 75.9 Å². The number of ether oxygens (including phenoxy) is 1. The van der Waals surface area contributed by atoms with Crippen molar-refractivity contribution in [1.82, 2.24) is 30.1 Å². The van der Waals surface area contributed by atoms with Gasteiger partial charge in [-0.25, -0.2) is 8.78 Å². The van der Waals surface area contributed by atoms with Crippen molar-refractivity contribution in [1.29, 1.82) is 0 Å². The number of aliphatic hydroxyl groups is 1. The molecule has 3 N–H and O–H groups in total. The van der Waals surface area contributed by atoms with Gasteiger partial charge in [-0.1, -0.05) is 31.2 Å². The molecule has 6 heterocycles. The number of halogens is 2. The SMILES string of the molecule is CCc1c(F)ccc2cc(O)cc(-c3ncc4c(N5CCC[C@H](CCO)C5)nc(OCC5(CN6CCC7(CC6)CC(N6CCC(c8ccc9c%10c(cccc8%10)C(=O)N9C(CCC=O)C(=O)NC)CC6)C7)CC5)nc4c3F)c12. The second-order valence-corrected chi connectivity index (χ2v) is 23.3. The Bertz CT molecular complexity index is 3270. The van der Waals surface area contributed by atoms with Crippen LogP contribution in [0.25, 0.3) is 43.7 Å². The quantitative estimate of drug-likeness (QED) is 0.0743. The van der Waals surface area contributed by atoms with E-state index in [1.54, 1.807) is 30.3 Å². The van der Waals surface area contributed by atoms with E-state index in [9.17, 15) is 24.6 Å². The molecule has 5 fully saturated rings. The van der Waals surface area contributed by atoms with Gasteiger partial charge in [-0.3, -0.25) is 19.5 Å². The number of aldehydes is 1. The number of hydrogen-bond acceptors (Lipinski definition) is 12. The van der Waals surface area contributed by atoms with E-state index in [0.717, 1.165) is 94.0 Å². The molecule has 1 unspecified atom stereocenters. The number of aliphatic hydroxyl groups excluding tert-OH is 1. The molecule has 2 aromatic heterocycles. The highest BCUT2D eigenvalue weighted by atomic mass is 19.1. The van der Waals surface area contributed by atoms with Crippen molar-refractivity contribution >= 4 is 62.1 Å². The number of piperidine rings is 3. The number of aryl methyl sites for hydroxylation is 1. The Balaban J connectivity index is 0.691. The lowest BCUT2D eigenvalue weighted by Gasteiger charge is -2.56. The lowest BCUT2D eigenvalue weighted by atomic mass is 9.59. The van der Waals surface area contributed by atoms with Crippen LogP contribution in [-0.2, 0) is 16.0 Å². The molecule has 16 heteroatoms. The second-order valence-electron chi connectivity index (χ2n) is 23.3. The smallest absolute Gasteiger partial charge is 0.319 e. The molecule has 1 spiro atoms. The number of phenolic OH excluding ortho intramolecular Hbond substituents is 1. The molecule has 404 valence electrons. The van der Waals surface area contributed by atoms with Crippen molar-refractivity contribution in [3.05, 3.63) is 89.1 Å². The number of aromatic hydroxyl groups is 1. The molecule has 0 bridgehead atoms. The number of phenols is 1. The van der Waals surface area contributed by atoms with E-state index < -0.39 is 17.7 Å². The molecule has 2 aliphatic carbocycles. The molecule has 4 aromatic carbocycles. The summed E-state index contributed by atoms with van der Waals surface area (Å²) in [5.74, 6) is -0.444. The third-order valence-corrected chi connectivity index (χ3v) is 18.7. The number of benzene rings is 4. The number of nitrogens with one attached hydrogen (secondary N) is 1. The van der Waals surface area contributed by atoms with Crippen LogP contribution in [0.1, 0.15) is 118 Å². The fourth-order valence-electron chi connectivity index (χ4n) is 14.3. The third-order valence-electron chi connectivity index (χ3n) is 18.7. The predicted molar refractivity (Wildman–Crippen MR) is 294 cm³/mol. The maximum atomic E-state index is 17.3.